The zero-order valence-corrected chi connectivity index (χ0v) is 14.8. The molecule has 0 fully saturated rings. The number of sulfonamides is 1. The van der Waals surface area contributed by atoms with Gasteiger partial charge in [0.1, 0.15) is 0 Å². The van der Waals surface area contributed by atoms with Crippen molar-refractivity contribution in [1.29, 1.82) is 0 Å². The maximum absolute atomic E-state index is 12.6. The fourth-order valence-corrected chi connectivity index (χ4v) is 3.97. The van der Waals surface area contributed by atoms with Gasteiger partial charge in [-0.2, -0.15) is 0 Å². The Morgan fingerprint density at radius 1 is 1.23 bits per heavy atom. The third kappa shape index (κ3) is 5.58. The molecule has 4 heteroatoms. The van der Waals surface area contributed by atoms with Crippen LogP contribution in [-0.4, -0.2) is 14.5 Å². The zero-order chi connectivity index (χ0) is 16.6. The molecule has 0 spiro atoms. The van der Waals surface area contributed by atoms with Crippen LogP contribution in [0.3, 0.4) is 0 Å². The summed E-state index contributed by atoms with van der Waals surface area (Å²) in [7, 11) is -3.48. The van der Waals surface area contributed by atoms with Crippen LogP contribution in [0.5, 0.6) is 0 Å². The Hall–Kier alpha value is -1.13. The molecule has 1 N–H and O–H groups in total. The fraction of sp³-hybridized carbons (Fsp3) is 0.556. The Balaban J connectivity index is 2.92. The van der Waals surface area contributed by atoms with Crippen LogP contribution < -0.4 is 4.72 Å². The van der Waals surface area contributed by atoms with E-state index in [9.17, 15) is 8.42 Å². The number of unbranched alkanes of at least 4 members (excludes halogenated alkanes) is 1. The first-order valence-corrected chi connectivity index (χ1v) is 9.62. The molecule has 22 heavy (non-hydrogen) atoms. The minimum Gasteiger partial charge on any atom is -0.207 e. The average Bonchev–Trinajstić information content (AvgIpc) is 2.48. The molecule has 3 nitrogen and oxygen atoms in total. The van der Waals surface area contributed by atoms with E-state index in [-0.39, 0.29) is 6.04 Å². The first-order valence-electron chi connectivity index (χ1n) is 8.14. The Morgan fingerprint density at radius 3 is 2.36 bits per heavy atom. The summed E-state index contributed by atoms with van der Waals surface area (Å²) in [6.45, 7) is 10.0. The summed E-state index contributed by atoms with van der Waals surface area (Å²) in [5.41, 5.74) is 1.05. The van der Waals surface area contributed by atoms with Crippen molar-refractivity contribution >= 4 is 10.0 Å². The average molecular weight is 324 g/mol. The van der Waals surface area contributed by atoms with Gasteiger partial charge in [-0.25, -0.2) is 13.1 Å². The Morgan fingerprint density at radius 2 is 1.86 bits per heavy atom. The van der Waals surface area contributed by atoms with Crippen molar-refractivity contribution in [3.8, 4) is 0 Å². The highest BCUT2D eigenvalue weighted by molar-refractivity contribution is 7.89. The summed E-state index contributed by atoms with van der Waals surface area (Å²) in [5.74, 6) is 0.346. The number of benzene rings is 1. The lowest BCUT2D eigenvalue weighted by molar-refractivity contribution is 0.350. The number of hydrogen-bond acceptors (Lipinski definition) is 2. The number of rotatable bonds is 10. The molecule has 0 radical (unpaired) electrons. The Bertz CT molecular complexity index is 549. The molecule has 1 rings (SSSR count). The van der Waals surface area contributed by atoms with Gasteiger partial charge in [0.2, 0.25) is 10.0 Å². The molecule has 2 unspecified atom stereocenters. The van der Waals surface area contributed by atoms with E-state index in [0.717, 1.165) is 31.2 Å². The first kappa shape index (κ1) is 18.9. The Labute approximate surface area is 135 Å². The van der Waals surface area contributed by atoms with E-state index in [1.54, 1.807) is 18.2 Å². The second kappa shape index (κ2) is 9.11. The summed E-state index contributed by atoms with van der Waals surface area (Å²) < 4.78 is 28.0. The highest BCUT2D eigenvalue weighted by Gasteiger charge is 2.24. The first-order chi connectivity index (χ1) is 10.4. The van der Waals surface area contributed by atoms with Gasteiger partial charge >= 0.3 is 0 Å². The van der Waals surface area contributed by atoms with Gasteiger partial charge in [-0.1, -0.05) is 56.9 Å². The van der Waals surface area contributed by atoms with Crippen LogP contribution in [0.15, 0.2) is 41.8 Å². The summed E-state index contributed by atoms with van der Waals surface area (Å²) in [6.07, 6.45) is 6.72. The minimum atomic E-state index is -3.48. The predicted octanol–water partition coefficient (Wildman–Crippen LogP) is 4.43. The molecule has 2 atom stereocenters. The van der Waals surface area contributed by atoms with Gasteiger partial charge < -0.3 is 0 Å². The van der Waals surface area contributed by atoms with Gasteiger partial charge in [0.15, 0.2) is 0 Å². The van der Waals surface area contributed by atoms with Gasteiger partial charge in [-0.3, -0.25) is 0 Å². The van der Waals surface area contributed by atoms with E-state index < -0.39 is 10.0 Å². The zero-order valence-electron chi connectivity index (χ0n) is 14.0. The minimum absolute atomic E-state index is 0.0830. The quantitative estimate of drug-likeness (QED) is 0.647. The molecule has 0 aliphatic rings. The van der Waals surface area contributed by atoms with Crippen LogP contribution in [0.1, 0.15) is 51.5 Å². The van der Waals surface area contributed by atoms with E-state index >= 15 is 0 Å². The molecule has 0 amide bonds. The fourth-order valence-electron chi connectivity index (χ4n) is 2.66. The SMILES string of the molecule is C=CCC(NS(=O)(=O)c1ccc(C)cc1)C(CC)CCCC. The van der Waals surface area contributed by atoms with Crippen molar-refractivity contribution in [2.75, 3.05) is 0 Å². The number of aryl methyl sites for hydroxylation is 1. The molecule has 0 bridgehead atoms. The highest BCUT2D eigenvalue weighted by Crippen LogP contribution is 2.22. The lowest BCUT2D eigenvalue weighted by Crippen LogP contribution is -2.39. The van der Waals surface area contributed by atoms with Gasteiger partial charge in [-0.15, -0.1) is 6.58 Å². The van der Waals surface area contributed by atoms with E-state index in [2.05, 4.69) is 25.1 Å². The maximum Gasteiger partial charge on any atom is 0.240 e. The molecule has 124 valence electrons. The summed E-state index contributed by atoms with van der Waals surface area (Å²) in [6, 6.07) is 6.89. The van der Waals surface area contributed by atoms with E-state index in [1.807, 2.05) is 19.1 Å². The third-order valence-corrected chi connectivity index (χ3v) is 5.59. The molecule has 0 saturated heterocycles. The van der Waals surface area contributed by atoms with E-state index in [4.69, 9.17) is 0 Å². The molecule has 0 aromatic heterocycles. The molecule has 1 aromatic carbocycles. The normalized spacial score (nSPS) is 14.5. The van der Waals surface area contributed by atoms with Gasteiger partial charge in [0, 0.05) is 6.04 Å². The van der Waals surface area contributed by atoms with E-state index in [1.165, 1.54) is 0 Å². The highest BCUT2D eigenvalue weighted by atomic mass is 32.2. The second-order valence-electron chi connectivity index (χ2n) is 5.88. The predicted molar refractivity (Wildman–Crippen MR) is 93.4 cm³/mol. The second-order valence-corrected chi connectivity index (χ2v) is 7.59. The molecular formula is C18H29NO2S. The van der Waals surface area contributed by atoms with Crippen LogP contribution >= 0.6 is 0 Å². The van der Waals surface area contributed by atoms with Crippen molar-refractivity contribution in [3.05, 3.63) is 42.5 Å². The molecule has 0 aliphatic carbocycles. The third-order valence-electron chi connectivity index (χ3n) is 4.08. The summed E-state index contributed by atoms with van der Waals surface area (Å²) in [4.78, 5) is 0.331. The molecule has 1 aromatic rings. The smallest absolute Gasteiger partial charge is 0.207 e. The molecular weight excluding hydrogens is 294 g/mol. The topological polar surface area (TPSA) is 46.2 Å². The van der Waals surface area contributed by atoms with Gasteiger partial charge in [0.25, 0.3) is 0 Å². The van der Waals surface area contributed by atoms with Crippen molar-refractivity contribution in [1.82, 2.24) is 4.72 Å². The number of nitrogens with one attached hydrogen (secondary N) is 1. The van der Waals surface area contributed by atoms with Crippen LogP contribution in [0.2, 0.25) is 0 Å². The molecule has 0 heterocycles. The van der Waals surface area contributed by atoms with Crippen molar-refractivity contribution in [2.24, 2.45) is 5.92 Å². The lowest BCUT2D eigenvalue weighted by Gasteiger charge is -2.26. The van der Waals surface area contributed by atoms with Crippen molar-refractivity contribution in [3.63, 3.8) is 0 Å². The largest absolute Gasteiger partial charge is 0.240 e. The lowest BCUT2D eigenvalue weighted by atomic mass is 9.90. The molecule has 0 aliphatic heterocycles. The van der Waals surface area contributed by atoms with Gasteiger partial charge in [-0.05, 0) is 37.8 Å². The van der Waals surface area contributed by atoms with E-state index in [0.29, 0.717) is 17.2 Å². The maximum atomic E-state index is 12.6. The Kier molecular flexibility index (Phi) is 7.83. The summed E-state index contributed by atoms with van der Waals surface area (Å²) in [5, 5.41) is 0. The standard InChI is InChI=1S/C18H29NO2S/c1-5-8-10-16(7-3)18(9-6-2)19-22(20,21)17-13-11-15(4)12-14-17/h6,11-14,16,18-19H,2,5,7-10H2,1,3-4H3. The van der Waals surface area contributed by atoms with Crippen LogP contribution in [0, 0.1) is 12.8 Å². The monoisotopic (exact) mass is 323 g/mol. The van der Waals surface area contributed by atoms with Crippen molar-refractivity contribution in [2.45, 2.75) is 63.8 Å². The van der Waals surface area contributed by atoms with Crippen LogP contribution in [0.4, 0.5) is 0 Å². The van der Waals surface area contributed by atoms with Crippen LogP contribution in [-0.2, 0) is 10.0 Å². The van der Waals surface area contributed by atoms with Crippen molar-refractivity contribution < 1.29 is 8.42 Å². The number of hydrogen-bond donors (Lipinski definition) is 1. The van der Waals surface area contributed by atoms with Gasteiger partial charge in [0.05, 0.1) is 4.90 Å². The summed E-state index contributed by atoms with van der Waals surface area (Å²) >= 11 is 0. The van der Waals surface area contributed by atoms with Crippen LogP contribution in [0.25, 0.3) is 0 Å². The molecule has 0 saturated carbocycles.